The normalized spacial score (nSPS) is 33.0. The van der Waals surface area contributed by atoms with Gasteiger partial charge in [0.2, 0.25) is 0 Å². The minimum absolute atomic E-state index is 0.171. The van der Waals surface area contributed by atoms with E-state index < -0.39 is 29.3 Å². The van der Waals surface area contributed by atoms with Gasteiger partial charge in [-0.25, -0.2) is 10.3 Å². The van der Waals surface area contributed by atoms with E-state index in [4.69, 9.17) is 9.39 Å². The molecule has 0 spiro atoms. The monoisotopic (exact) mass is 394 g/mol. The van der Waals surface area contributed by atoms with Crippen LogP contribution >= 0.6 is 12.6 Å². The van der Waals surface area contributed by atoms with Crippen LogP contribution in [-0.2, 0) is 25.3 Å². The Labute approximate surface area is 153 Å². The van der Waals surface area contributed by atoms with E-state index in [2.05, 4.69) is 27.7 Å². The first kappa shape index (κ1) is 18.9. The molecule has 10 nitrogen and oxygen atoms in total. The molecule has 0 saturated carbocycles. The molecule has 0 aliphatic carbocycles. The lowest BCUT2D eigenvalue weighted by Gasteiger charge is -2.29. The number of hydrogen-bond donors (Lipinski definition) is 4. The van der Waals surface area contributed by atoms with Gasteiger partial charge in [-0.05, 0) is 37.5 Å². The summed E-state index contributed by atoms with van der Waals surface area (Å²) in [5.41, 5.74) is 2.41. The Morgan fingerprint density at radius 3 is 2.96 bits per heavy atom. The third-order valence-electron chi connectivity index (χ3n) is 4.80. The number of carbonyl (C=O) groups is 2. The quantitative estimate of drug-likeness (QED) is 0.255. The highest BCUT2D eigenvalue weighted by Crippen LogP contribution is 2.30. The molecule has 0 aromatic rings. The number of thiol groups is 1. The average Bonchev–Trinajstić information content (AvgIpc) is 3.14. The molecule has 3 N–H and O–H groups in total. The summed E-state index contributed by atoms with van der Waals surface area (Å²) in [6.07, 6.45) is 1.89. The van der Waals surface area contributed by atoms with Crippen LogP contribution in [-0.4, -0.2) is 74.2 Å². The first-order chi connectivity index (χ1) is 12.0. The number of rotatable bonds is 7. The fourth-order valence-electron chi connectivity index (χ4n) is 3.52. The summed E-state index contributed by atoms with van der Waals surface area (Å²) in [5, 5.41) is 4.18. The molecule has 142 valence electrons. The SMILES string of the molecule is O=C(NOC[C@H]1C[C@H](CS)CN1)C1CCC2CN1C(=O)N2OS(=O)O. The van der Waals surface area contributed by atoms with Gasteiger partial charge in [-0.15, -0.1) is 4.28 Å². The van der Waals surface area contributed by atoms with Crippen LogP contribution in [0.4, 0.5) is 4.79 Å². The van der Waals surface area contributed by atoms with Crippen molar-refractivity contribution in [3.8, 4) is 0 Å². The summed E-state index contributed by atoms with van der Waals surface area (Å²) in [7, 11) is 0. The predicted octanol–water partition coefficient (Wildman–Crippen LogP) is -0.721. The molecule has 0 aromatic heterocycles. The Morgan fingerprint density at radius 2 is 2.28 bits per heavy atom. The van der Waals surface area contributed by atoms with Gasteiger partial charge >= 0.3 is 17.4 Å². The Morgan fingerprint density at radius 1 is 1.48 bits per heavy atom. The van der Waals surface area contributed by atoms with Gasteiger partial charge in [0, 0.05) is 12.6 Å². The molecule has 3 fully saturated rings. The largest absolute Gasteiger partial charge is 0.346 e. The molecule has 3 aliphatic heterocycles. The van der Waals surface area contributed by atoms with Gasteiger partial charge in [-0.3, -0.25) is 14.2 Å². The van der Waals surface area contributed by atoms with Crippen molar-refractivity contribution in [3.63, 3.8) is 0 Å². The number of hydroxylamine groups is 3. The molecule has 0 radical (unpaired) electrons. The van der Waals surface area contributed by atoms with Crippen molar-refractivity contribution in [2.24, 2.45) is 5.92 Å². The topological polar surface area (TPSA) is 120 Å². The summed E-state index contributed by atoms with van der Waals surface area (Å²) in [5.74, 6) is 0.920. The van der Waals surface area contributed by atoms with Crippen LogP contribution in [0.3, 0.4) is 0 Å². The standard InChI is InChI=1S/C13H22N4O6S2/c18-12(15-22-6-9-3-8(7-24)4-14-9)11-2-1-10-5-16(11)13(19)17(10)23-25(20)21/h8-11,14,24H,1-7H2,(H,15,18)(H,20,21)/t8-,9+,10?,11?/m0/s1. The average molecular weight is 394 g/mol. The number of piperidine rings is 1. The minimum atomic E-state index is -2.58. The molecule has 25 heavy (non-hydrogen) atoms. The number of hydrogen-bond acceptors (Lipinski definition) is 7. The van der Waals surface area contributed by atoms with E-state index >= 15 is 0 Å². The first-order valence-electron chi connectivity index (χ1n) is 8.14. The van der Waals surface area contributed by atoms with Crippen molar-refractivity contribution >= 4 is 35.9 Å². The third kappa shape index (κ3) is 4.26. The van der Waals surface area contributed by atoms with Crippen molar-refractivity contribution in [1.29, 1.82) is 0 Å². The van der Waals surface area contributed by atoms with E-state index in [1.54, 1.807) is 0 Å². The highest BCUT2D eigenvalue weighted by atomic mass is 32.2. The third-order valence-corrected chi connectivity index (χ3v) is 5.60. The summed E-state index contributed by atoms with van der Waals surface area (Å²) >= 11 is 1.70. The second kappa shape index (κ2) is 8.18. The number of fused-ring (bicyclic) bond motifs is 2. The van der Waals surface area contributed by atoms with Crippen LogP contribution in [0.2, 0.25) is 0 Å². The molecule has 3 heterocycles. The Balaban J connectivity index is 1.47. The number of carbonyl (C=O) groups excluding carboxylic acids is 2. The summed E-state index contributed by atoms with van der Waals surface area (Å²) in [4.78, 5) is 31.2. The van der Waals surface area contributed by atoms with E-state index in [0.717, 1.165) is 23.8 Å². The molecular formula is C13H22N4O6S2. The second-order valence-electron chi connectivity index (χ2n) is 6.47. The maximum Gasteiger partial charge on any atom is 0.346 e. The van der Waals surface area contributed by atoms with Gasteiger partial charge in [0.1, 0.15) is 6.04 Å². The summed E-state index contributed by atoms with van der Waals surface area (Å²) < 4.78 is 24.2. The Bertz CT molecular complexity index is 553. The fourth-order valence-corrected chi connectivity index (χ4v) is 4.12. The van der Waals surface area contributed by atoms with Crippen molar-refractivity contribution in [1.82, 2.24) is 20.8 Å². The smallest absolute Gasteiger partial charge is 0.311 e. The molecule has 12 heteroatoms. The lowest BCUT2D eigenvalue weighted by molar-refractivity contribution is -0.139. The van der Waals surface area contributed by atoms with Crippen molar-refractivity contribution in [3.05, 3.63) is 0 Å². The number of nitrogens with one attached hydrogen (secondary N) is 2. The van der Waals surface area contributed by atoms with E-state index in [-0.39, 0.29) is 18.6 Å². The molecule has 0 aromatic carbocycles. The van der Waals surface area contributed by atoms with Crippen LogP contribution in [0.15, 0.2) is 0 Å². The van der Waals surface area contributed by atoms with Gasteiger partial charge in [0.25, 0.3) is 5.91 Å². The lowest BCUT2D eigenvalue weighted by Crippen LogP contribution is -2.50. The Hall–Kier alpha value is -0.920. The van der Waals surface area contributed by atoms with Gasteiger partial charge in [0.05, 0.1) is 12.6 Å². The highest BCUT2D eigenvalue weighted by Gasteiger charge is 2.48. The van der Waals surface area contributed by atoms with Crippen LogP contribution in [0.25, 0.3) is 0 Å². The zero-order valence-corrected chi connectivity index (χ0v) is 15.2. The van der Waals surface area contributed by atoms with Gasteiger partial charge < -0.3 is 10.2 Å². The second-order valence-corrected chi connectivity index (χ2v) is 7.41. The summed E-state index contributed by atoms with van der Waals surface area (Å²) in [6.45, 7) is 1.51. The van der Waals surface area contributed by atoms with Crippen LogP contribution < -0.4 is 10.8 Å². The van der Waals surface area contributed by atoms with E-state index in [1.165, 1.54) is 4.90 Å². The predicted molar refractivity (Wildman–Crippen MR) is 90.5 cm³/mol. The molecule has 3 rings (SSSR count). The van der Waals surface area contributed by atoms with Crippen LogP contribution in [0.1, 0.15) is 19.3 Å². The van der Waals surface area contributed by atoms with Crippen molar-refractivity contribution in [2.75, 3.05) is 25.4 Å². The fraction of sp³-hybridized carbons (Fsp3) is 0.846. The zero-order valence-electron chi connectivity index (χ0n) is 13.5. The Kier molecular flexibility index (Phi) is 6.17. The van der Waals surface area contributed by atoms with Crippen LogP contribution in [0, 0.1) is 5.92 Å². The number of nitrogens with zero attached hydrogens (tertiary/aromatic N) is 2. The maximum absolute atomic E-state index is 12.3. The van der Waals surface area contributed by atoms with Crippen LogP contribution in [0.5, 0.6) is 0 Å². The van der Waals surface area contributed by atoms with E-state index in [1.807, 2.05) is 0 Å². The minimum Gasteiger partial charge on any atom is -0.311 e. The molecule has 3 aliphatic rings. The molecule has 5 atom stereocenters. The van der Waals surface area contributed by atoms with Gasteiger partial charge in [-0.2, -0.15) is 21.9 Å². The molecule has 3 saturated heterocycles. The highest BCUT2D eigenvalue weighted by molar-refractivity contribution is 7.80. The van der Waals surface area contributed by atoms with Gasteiger partial charge in [0.15, 0.2) is 0 Å². The van der Waals surface area contributed by atoms with E-state index in [9.17, 15) is 13.8 Å². The molecule has 2 bridgehead atoms. The molecule has 3 unspecified atom stereocenters. The maximum atomic E-state index is 12.3. The molecular weight excluding hydrogens is 372 g/mol. The zero-order chi connectivity index (χ0) is 18.0. The first-order valence-corrected chi connectivity index (χ1v) is 9.81. The number of urea groups is 1. The van der Waals surface area contributed by atoms with Gasteiger partial charge in [-0.1, -0.05) is 0 Å². The van der Waals surface area contributed by atoms with E-state index in [0.29, 0.717) is 25.4 Å². The number of amides is 3. The molecule has 3 amide bonds. The lowest BCUT2D eigenvalue weighted by atomic mass is 10.0. The summed E-state index contributed by atoms with van der Waals surface area (Å²) in [6, 6.07) is -1.41. The van der Waals surface area contributed by atoms with Crippen molar-refractivity contribution < 1.29 is 27.5 Å². The van der Waals surface area contributed by atoms with Crippen molar-refractivity contribution in [2.45, 2.75) is 37.4 Å².